The van der Waals surface area contributed by atoms with E-state index in [4.69, 9.17) is 4.74 Å². The molecule has 0 saturated carbocycles. The maximum absolute atomic E-state index is 13.8. The van der Waals surface area contributed by atoms with E-state index in [-0.39, 0.29) is 18.4 Å². The van der Waals surface area contributed by atoms with Gasteiger partial charge in [-0.25, -0.2) is 0 Å². The number of amides is 2. The van der Waals surface area contributed by atoms with Gasteiger partial charge in [-0.2, -0.15) is 5.10 Å². The number of aryl methyl sites for hydroxylation is 1. The summed E-state index contributed by atoms with van der Waals surface area (Å²) in [6.07, 6.45) is 0. The van der Waals surface area contributed by atoms with Crippen LogP contribution in [0.2, 0.25) is 0 Å². The second kappa shape index (κ2) is 9.03. The molecule has 0 fully saturated rings. The van der Waals surface area contributed by atoms with Crippen LogP contribution in [0.3, 0.4) is 0 Å². The SMILES string of the molecule is COc1ccc(CNC(=O)[C@@]2(C)Cn3nc(-c4cccs4)cc3C(=O)N2c2ccc(C)cc2)cc1. The zero-order chi connectivity index (χ0) is 24.6. The van der Waals surface area contributed by atoms with Crippen LogP contribution in [0.15, 0.2) is 72.1 Å². The predicted octanol–water partition coefficient (Wildman–Crippen LogP) is 4.66. The topological polar surface area (TPSA) is 76.5 Å². The molecule has 0 radical (unpaired) electrons. The molecule has 5 rings (SSSR count). The van der Waals surface area contributed by atoms with Crippen molar-refractivity contribution in [2.75, 3.05) is 12.0 Å². The summed E-state index contributed by atoms with van der Waals surface area (Å²) in [6.45, 7) is 4.36. The van der Waals surface area contributed by atoms with Crippen molar-refractivity contribution in [3.63, 3.8) is 0 Å². The number of aromatic nitrogens is 2. The van der Waals surface area contributed by atoms with Gasteiger partial charge < -0.3 is 10.1 Å². The highest BCUT2D eigenvalue weighted by atomic mass is 32.1. The molecule has 0 aliphatic carbocycles. The Morgan fingerprint density at radius 3 is 2.54 bits per heavy atom. The van der Waals surface area contributed by atoms with Crippen molar-refractivity contribution < 1.29 is 14.3 Å². The lowest BCUT2D eigenvalue weighted by Gasteiger charge is -2.43. The van der Waals surface area contributed by atoms with Crippen molar-refractivity contribution in [2.45, 2.75) is 32.5 Å². The summed E-state index contributed by atoms with van der Waals surface area (Å²) in [5.41, 5.74) is 2.71. The Balaban J connectivity index is 1.50. The summed E-state index contributed by atoms with van der Waals surface area (Å²) in [5, 5.41) is 9.69. The van der Waals surface area contributed by atoms with Crippen molar-refractivity contribution >= 4 is 28.8 Å². The molecule has 0 unspecified atom stereocenters. The minimum atomic E-state index is -1.18. The normalized spacial score (nSPS) is 17.2. The van der Waals surface area contributed by atoms with Crippen LogP contribution in [0.4, 0.5) is 5.69 Å². The first-order valence-corrected chi connectivity index (χ1v) is 12.2. The molecule has 2 aromatic carbocycles. The summed E-state index contributed by atoms with van der Waals surface area (Å²) in [4.78, 5) is 30.1. The number of nitrogens with one attached hydrogen (secondary N) is 1. The van der Waals surface area contributed by atoms with E-state index in [2.05, 4.69) is 10.4 Å². The number of rotatable bonds is 6. The highest BCUT2D eigenvalue weighted by molar-refractivity contribution is 7.13. The summed E-state index contributed by atoms with van der Waals surface area (Å²) in [7, 11) is 1.62. The van der Waals surface area contributed by atoms with E-state index in [1.54, 1.807) is 35.0 Å². The Bertz CT molecular complexity index is 1360. The molecule has 7 nitrogen and oxygen atoms in total. The van der Waals surface area contributed by atoms with Crippen LogP contribution in [0.5, 0.6) is 5.75 Å². The van der Waals surface area contributed by atoms with Crippen LogP contribution in [-0.4, -0.2) is 34.2 Å². The Morgan fingerprint density at radius 2 is 1.89 bits per heavy atom. The fourth-order valence-corrected chi connectivity index (χ4v) is 5.02. The molecule has 8 heteroatoms. The maximum Gasteiger partial charge on any atom is 0.277 e. The smallest absolute Gasteiger partial charge is 0.277 e. The van der Waals surface area contributed by atoms with Gasteiger partial charge in [-0.3, -0.25) is 19.2 Å². The molecule has 0 saturated heterocycles. The molecule has 4 aromatic rings. The average Bonchev–Trinajstić information content (AvgIpc) is 3.54. The molecule has 0 bridgehead atoms. The molecule has 2 amide bonds. The van der Waals surface area contributed by atoms with Crippen LogP contribution in [-0.2, 0) is 17.9 Å². The average molecular weight is 487 g/mol. The number of methoxy groups -OCH3 is 1. The molecule has 3 heterocycles. The summed E-state index contributed by atoms with van der Waals surface area (Å²) in [5.74, 6) is 0.252. The fourth-order valence-electron chi connectivity index (χ4n) is 4.34. The lowest BCUT2D eigenvalue weighted by atomic mass is 9.93. The van der Waals surface area contributed by atoms with Gasteiger partial charge in [-0.1, -0.05) is 35.9 Å². The van der Waals surface area contributed by atoms with E-state index >= 15 is 0 Å². The zero-order valence-corrected chi connectivity index (χ0v) is 20.6. The van der Waals surface area contributed by atoms with Gasteiger partial charge in [0.15, 0.2) is 0 Å². The van der Waals surface area contributed by atoms with Gasteiger partial charge in [0, 0.05) is 12.2 Å². The van der Waals surface area contributed by atoms with E-state index in [0.717, 1.165) is 27.4 Å². The van der Waals surface area contributed by atoms with E-state index in [0.29, 0.717) is 17.9 Å². The van der Waals surface area contributed by atoms with Gasteiger partial charge in [0.25, 0.3) is 5.91 Å². The third kappa shape index (κ3) is 4.21. The van der Waals surface area contributed by atoms with Gasteiger partial charge in [0.2, 0.25) is 5.91 Å². The van der Waals surface area contributed by atoms with Crippen LogP contribution < -0.4 is 15.0 Å². The van der Waals surface area contributed by atoms with Crippen molar-refractivity contribution in [3.8, 4) is 16.3 Å². The van der Waals surface area contributed by atoms with Gasteiger partial charge >= 0.3 is 0 Å². The Kier molecular flexibility index (Phi) is 5.90. The highest BCUT2D eigenvalue weighted by Gasteiger charge is 2.48. The van der Waals surface area contributed by atoms with E-state index in [1.807, 2.05) is 79.0 Å². The van der Waals surface area contributed by atoms with Gasteiger partial charge in [0.05, 0.1) is 18.5 Å². The molecule has 35 heavy (non-hydrogen) atoms. The second-order valence-corrected chi connectivity index (χ2v) is 9.78. The third-order valence-corrected chi connectivity index (χ3v) is 7.21. The van der Waals surface area contributed by atoms with E-state index < -0.39 is 5.54 Å². The lowest BCUT2D eigenvalue weighted by molar-refractivity contribution is -0.126. The zero-order valence-electron chi connectivity index (χ0n) is 19.8. The highest BCUT2D eigenvalue weighted by Crippen LogP contribution is 2.35. The van der Waals surface area contributed by atoms with Crippen molar-refractivity contribution in [3.05, 3.63) is 88.9 Å². The minimum absolute atomic E-state index is 0.238. The first-order chi connectivity index (χ1) is 16.9. The van der Waals surface area contributed by atoms with Crippen molar-refractivity contribution in [1.82, 2.24) is 15.1 Å². The number of anilines is 1. The Hall–Kier alpha value is -3.91. The number of fused-ring (bicyclic) bond motifs is 1. The molecule has 1 atom stereocenters. The summed E-state index contributed by atoms with van der Waals surface area (Å²) >= 11 is 1.57. The predicted molar refractivity (Wildman–Crippen MR) is 137 cm³/mol. The number of ether oxygens (including phenoxy) is 1. The minimum Gasteiger partial charge on any atom is -0.497 e. The number of thiophene rings is 1. The molecule has 1 N–H and O–H groups in total. The van der Waals surface area contributed by atoms with Crippen LogP contribution >= 0.6 is 11.3 Å². The summed E-state index contributed by atoms with van der Waals surface area (Å²) < 4.78 is 6.87. The van der Waals surface area contributed by atoms with Crippen LogP contribution in [0.1, 0.15) is 28.5 Å². The number of hydrogen-bond donors (Lipinski definition) is 1. The van der Waals surface area contributed by atoms with Crippen molar-refractivity contribution in [2.24, 2.45) is 0 Å². The number of benzene rings is 2. The first-order valence-electron chi connectivity index (χ1n) is 11.3. The monoisotopic (exact) mass is 486 g/mol. The van der Waals surface area contributed by atoms with Gasteiger partial charge in [-0.15, -0.1) is 11.3 Å². The Morgan fingerprint density at radius 1 is 1.14 bits per heavy atom. The number of nitrogens with zero attached hydrogens (tertiary/aromatic N) is 3. The molecule has 1 aliphatic heterocycles. The van der Waals surface area contributed by atoms with Gasteiger partial charge in [-0.05, 0) is 61.2 Å². The Labute approximate surface area is 208 Å². The number of carbonyl (C=O) groups is 2. The molecule has 2 aromatic heterocycles. The first kappa shape index (κ1) is 22.9. The molecule has 0 spiro atoms. The van der Waals surface area contributed by atoms with E-state index in [1.165, 1.54) is 0 Å². The fraction of sp³-hybridized carbons (Fsp3) is 0.222. The standard InChI is InChI=1S/C27H26N4O3S/c1-18-6-10-20(11-7-18)31-25(32)23-15-22(24-5-4-14-35-24)29-30(23)17-27(31,2)26(33)28-16-19-8-12-21(34-3)13-9-19/h4-15H,16-17H2,1-3H3,(H,28,33)/t27-/m1/s1. The maximum atomic E-state index is 13.8. The summed E-state index contributed by atoms with van der Waals surface area (Å²) in [6, 6.07) is 20.9. The lowest BCUT2D eigenvalue weighted by Crippen LogP contribution is -2.64. The second-order valence-electron chi connectivity index (χ2n) is 8.83. The molecular formula is C27H26N4O3S. The number of hydrogen-bond acceptors (Lipinski definition) is 5. The molecule has 1 aliphatic rings. The van der Waals surface area contributed by atoms with Gasteiger partial charge in [0.1, 0.15) is 22.7 Å². The largest absolute Gasteiger partial charge is 0.497 e. The number of carbonyl (C=O) groups excluding carboxylic acids is 2. The third-order valence-electron chi connectivity index (χ3n) is 6.32. The van der Waals surface area contributed by atoms with Crippen molar-refractivity contribution in [1.29, 1.82) is 0 Å². The van der Waals surface area contributed by atoms with E-state index in [9.17, 15) is 9.59 Å². The molecule has 178 valence electrons. The quantitative estimate of drug-likeness (QED) is 0.430. The van der Waals surface area contributed by atoms with Crippen LogP contribution in [0.25, 0.3) is 10.6 Å². The van der Waals surface area contributed by atoms with Crippen LogP contribution in [0, 0.1) is 6.92 Å². The molecular weight excluding hydrogens is 460 g/mol.